The average Bonchev–Trinajstić information content (AvgIpc) is 2.78. The number of benzene rings is 2. The monoisotopic (exact) mass is 395 g/mol. The van der Waals surface area contributed by atoms with E-state index < -0.39 is 11.4 Å². The lowest BCUT2D eigenvalue weighted by atomic mass is 10.1. The first-order valence-electron chi connectivity index (χ1n) is 9.25. The van der Waals surface area contributed by atoms with E-state index in [9.17, 15) is 15.2 Å². The number of azo groups is 1. The summed E-state index contributed by atoms with van der Waals surface area (Å²) < 4.78 is 1.11. The summed E-state index contributed by atoms with van der Waals surface area (Å²) in [5.41, 5.74) is 1.08. The Morgan fingerprint density at radius 3 is 2.67 bits per heavy atom. The van der Waals surface area contributed by atoms with E-state index in [1.807, 2.05) is 42.5 Å². The molecule has 30 heavy (non-hydrogen) atoms. The second-order valence-corrected chi connectivity index (χ2v) is 6.73. The minimum atomic E-state index is -0.531. The molecule has 0 saturated heterocycles. The van der Waals surface area contributed by atoms with Crippen molar-refractivity contribution in [3.05, 3.63) is 94.0 Å². The molecule has 0 aliphatic heterocycles. The number of nitriles is 1. The van der Waals surface area contributed by atoms with Gasteiger partial charge in [0.2, 0.25) is 5.88 Å². The van der Waals surface area contributed by atoms with Crippen molar-refractivity contribution in [2.75, 3.05) is 0 Å². The first-order chi connectivity index (χ1) is 14.6. The molecule has 2 heterocycles. The third kappa shape index (κ3) is 3.42. The van der Waals surface area contributed by atoms with Crippen LogP contribution in [0, 0.1) is 18.3 Å². The first kappa shape index (κ1) is 19.0. The van der Waals surface area contributed by atoms with Gasteiger partial charge in [0.05, 0.1) is 12.2 Å². The number of fused-ring (bicyclic) bond motifs is 1. The highest BCUT2D eigenvalue weighted by Crippen LogP contribution is 2.30. The van der Waals surface area contributed by atoms with E-state index in [4.69, 9.17) is 0 Å². The van der Waals surface area contributed by atoms with Crippen molar-refractivity contribution in [1.29, 1.82) is 5.26 Å². The third-order valence-electron chi connectivity index (χ3n) is 4.86. The highest BCUT2D eigenvalue weighted by molar-refractivity contribution is 5.92. The van der Waals surface area contributed by atoms with Crippen LogP contribution in [-0.2, 0) is 6.54 Å². The van der Waals surface area contributed by atoms with Gasteiger partial charge in [0, 0.05) is 23.3 Å². The minimum Gasteiger partial charge on any atom is -0.493 e. The number of aromatic hydroxyl groups is 1. The van der Waals surface area contributed by atoms with E-state index in [1.54, 1.807) is 37.5 Å². The van der Waals surface area contributed by atoms with E-state index in [2.05, 4.69) is 15.2 Å². The first-order valence-corrected chi connectivity index (χ1v) is 9.25. The summed E-state index contributed by atoms with van der Waals surface area (Å²) in [5.74, 6) is -0.395. The van der Waals surface area contributed by atoms with Crippen molar-refractivity contribution in [2.45, 2.75) is 13.5 Å². The highest BCUT2D eigenvalue weighted by atomic mass is 16.3. The molecule has 0 amide bonds. The number of nitrogens with zero attached hydrogens (tertiary/aromatic N) is 5. The van der Waals surface area contributed by atoms with Gasteiger partial charge in [0.15, 0.2) is 5.69 Å². The Kier molecular flexibility index (Phi) is 5.06. The number of rotatable bonds is 4. The van der Waals surface area contributed by atoms with E-state index in [1.165, 1.54) is 0 Å². The van der Waals surface area contributed by atoms with Crippen LogP contribution in [0.5, 0.6) is 5.88 Å². The fraction of sp³-hybridized carbons (Fsp3) is 0.0870. The Hall–Kier alpha value is -4.31. The van der Waals surface area contributed by atoms with Gasteiger partial charge in [0.25, 0.3) is 5.56 Å². The molecule has 0 fully saturated rings. The molecule has 0 radical (unpaired) electrons. The van der Waals surface area contributed by atoms with Crippen molar-refractivity contribution >= 4 is 22.1 Å². The van der Waals surface area contributed by atoms with Crippen LogP contribution in [0.1, 0.15) is 16.7 Å². The fourth-order valence-electron chi connectivity index (χ4n) is 3.28. The van der Waals surface area contributed by atoms with Crippen LogP contribution >= 0.6 is 0 Å². The Morgan fingerprint density at radius 2 is 1.90 bits per heavy atom. The molecule has 0 unspecified atom stereocenters. The van der Waals surface area contributed by atoms with Gasteiger partial charge in [-0.05, 0) is 30.0 Å². The van der Waals surface area contributed by atoms with Crippen LogP contribution in [0.15, 0.2) is 82.0 Å². The zero-order valence-electron chi connectivity index (χ0n) is 16.1. The molecule has 7 heteroatoms. The average molecular weight is 395 g/mol. The molecule has 146 valence electrons. The predicted molar refractivity (Wildman–Crippen MR) is 113 cm³/mol. The maximum absolute atomic E-state index is 13.1. The molecule has 4 rings (SSSR count). The van der Waals surface area contributed by atoms with Crippen LogP contribution in [-0.4, -0.2) is 14.7 Å². The molecular formula is C23H17N5O2. The van der Waals surface area contributed by atoms with E-state index in [-0.39, 0.29) is 23.4 Å². The summed E-state index contributed by atoms with van der Waals surface area (Å²) in [6.07, 6.45) is 3.21. The SMILES string of the molecule is Cc1c(C#N)c(O)n(Cc2cccnc2)c(=O)c1N=Nc1cccc2ccccc12. The number of aromatic nitrogens is 2. The number of pyridine rings is 2. The molecular weight excluding hydrogens is 378 g/mol. The molecule has 4 aromatic rings. The molecule has 0 bridgehead atoms. The van der Waals surface area contributed by atoms with E-state index >= 15 is 0 Å². The number of hydrogen-bond acceptors (Lipinski definition) is 6. The Labute approximate surface area is 172 Å². The molecule has 0 atom stereocenters. The predicted octanol–water partition coefficient (Wildman–Crippen LogP) is 4.75. The maximum Gasteiger partial charge on any atom is 0.281 e. The summed E-state index contributed by atoms with van der Waals surface area (Å²) in [6, 6.07) is 18.8. The summed E-state index contributed by atoms with van der Waals surface area (Å²) in [6.45, 7) is 1.63. The Bertz CT molecular complexity index is 1360. The molecule has 7 nitrogen and oxygen atoms in total. The van der Waals surface area contributed by atoms with Crippen molar-refractivity contribution in [3.8, 4) is 11.9 Å². The van der Waals surface area contributed by atoms with Gasteiger partial charge in [-0.25, -0.2) is 0 Å². The van der Waals surface area contributed by atoms with Gasteiger partial charge in [0.1, 0.15) is 11.6 Å². The third-order valence-corrected chi connectivity index (χ3v) is 4.86. The van der Waals surface area contributed by atoms with Gasteiger partial charge in [-0.3, -0.25) is 14.3 Å². The van der Waals surface area contributed by atoms with Crippen LogP contribution in [0.3, 0.4) is 0 Å². The summed E-state index contributed by atoms with van der Waals surface area (Å²) in [5, 5.41) is 30.4. The lowest BCUT2D eigenvalue weighted by molar-refractivity contribution is 0.412. The molecule has 0 saturated carbocycles. The summed E-state index contributed by atoms with van der Waals surface area (Å²) in [4.78, 5) is 17.1. The maximum atomic E-state index is 13.1. The van der Waals surface area contributed by atoms with Crippen LogP contribution in [0.4, 0.5) is 11.4 Å². The molecule has 2 aromatic carbocycles. The lowest BCUT2D eigenvalue weighted by Gasteiger charge is -2.13. The van der Waals surface area contributed by atoms with Crippen molar-refractivity contribution < 1.29 is 5.11 Å². The molecule has 1 N–H and O–H groups in total. The second-order valence-electron chi connectivity index (χ2n) is 6.73. The summed E-state index contributed by atoms with van der Waals surface area (Å²) >= 11 is 0. The summed E-state index contributed by atoms with van der Waals surface area (Å²) in [7, 11) is 0. The minimum absolute atomic E-state index is 0.00893. The van der Waals surface area contributed by atoms with Gasteiger partial charge >= 0.3 is 0 Å². The molecule has 0 aliphatic carbocycles. The standard InChI is InChI=1S/C23H17N5O2/c1-15-19(12-24)22(29)28(14-16-6-5-11-25-13-16)23(30)21(15)27-26-20-10-4-8-17-7-2-3-9-18(17)20/h2-11,13,29H,14H2,1H3. The zero-order chi connectivity index (χ0) is 21.1. The van der Waals surface area contributed by atoms with Crippen LogP contribution in [0.25, 0.3) is 10.8 Å². The van der Waals surface area contributed by atoms with Gasteiger partial charge < -0.3 is 5.11 Å². The topological polar surface area (TPSA) is 104 Å². The zero-order valence-corrected chi connectivity index (χ0v) is 16.1. The smallest absolute Gasteiger partial charge is 0.281 e. The number of hydrogen-bond donors (Lipinski definition) is 1. The van der Waals surface area contributed by atoms with Crippen molar-refractivity contribution in [2.24, 2.45) is 10.2 Å². The van der Waals surface area contributed by atoms with E-state index in [0.29, 0.717) is 11.3 Å². The van der Waals surface area contributed by atoms with Gasteiger partial charge in [-0.1, -0.05) is 42.5 Å². The fourth-order valence-corrected chi connectivity index (χ4v) is 3.28. The lowest BCUT2D eigenvalue weighted by Crippen LogP contribution is -2.22. The van der Waals surface area contributed by atoms with Gasteiger partial charge in [-0.2, -0.15) is 5.26 Å². The molecule has 0 aliphatic rings. The quantitative estimate of drug-likeness (QED) is 0.504. The van der Waals surface area contributed by atoms with Crippen LogP contribution in [0.2, 0.25) is 0 Å². The normalized spacial score (nSPS) is 11.1. The van der Waals surface area contributed by atoms with Crippen LogP contribution < -0.4 is 5.56 Å². The molecule has 2 aromatic heterocycles. The largest absolute Gasteiger partial charge is 0.493 e. The Morgan fingerprint density at radius 1 is 1.10 bits per heavy atom. The second kappa shape index (κ2) is 7.97. The van der Waals surface area contributed by atoms with Gasteiger partial charge in [-0.15, -0.1) is 10.2 Å². The molecule has 0 spiro atoms. The van der Waals surface area contributed by atoms with Crippen molar-refractivity contribution in [3.63, 3.8) is 0 Å². The van der Waals surface area contributed by atoms with E-state index in [0.717, 1.165) is 15.3 Å². The highest BCUT2D eigenvalue weighted by Gasteiger charge is 2.19. The van der Waals surface area contributed by atoms with Crippen molar-refractivity contribution in [1.82, 2.24) is 9.55 Å². The Balaban J connectivity index is 1.85.